The van der Waals surface area contributed by atoms with Crippen molar-refractivity contribution in [2.75, 3.05) is 26.8 Å². The van der Waals surface area contributed by atoms with E-state index in [1.807, 2.05) is 6.92 Å². The molecule has 0 aliphatic carbocycles. The van der Waals surface area contributed by atoms with Crippen molar-refractivity contribution in [2.45, 2.75) is 39.3 Å². The van der Waals surface area contributed by atoms with Gasteiger partial charge in [-0.15, -0.1) is 0 Å². The molecule has 3 heteroatoms. The number of aliphatic hydroxyl groups excluding tert-OH is 1. The second-order valence-corrected chi connectivity index (χ2v) is 3.59. The van der Waals surface area contributed by atoms with E-state index in [4.69, 9.17) is 4.74 Å². The molecule has 1 N–H and O–H groups in total. The van der Waals surface area contributed by atoms with Crippen molar-refractivity contribution in [2.24, 2.45) is 0 Å². The number of nitrogens with zero attached hydrogens (tertiary/aromatic N) is 1. The number of hydrogen-bond donors (Lipinski definition) is 1. The van der Waals surface area contributed by atoms with Gasteiger partial charge in [-0.2, -0.15) is 0 Å². The topological polar surface area (TPSA) is 32.7 Å². The van der Waals surface area contributed by atoms with E-state index in [1.54, 1.807) is 7.11 Å². The summed E-state index contributed by atoms with van der Waals surface area (Å²) in [5, 5.41) is 9.28. The highest BCUT2D eigenvalue weighted by Crippen LogP contribution is 2.04. The standard InChI is InChI=1S/C10H23NO2/c1-5-9(2)11(6-7-13-4)8-10(3)12/h9-10,12H,5-8H2,1-4H3/t9?,10-/m1/s1. The maximum Gasteiger partial charge on any atom is 0.0639 e. The molecule has 0 aliphatic heterocycles. The summed E-state index contributed by atoms with van der Waals surface area (Å²) < 4.78 is 5.03. The molecule has 0 heterocycles. The Morgan fingerprint density at radius 3 is 2.38 bits per heavy atom. The van der Waals surface area contributed by atoms with Crippen LogP contribution < -0.4 is 0 Å². The van der Waals surface area contributed by atoms with E-state index < -0.39 is 0 Å². The van der Waals surface area contributed by atoms with Crippen LogP contribution in [-0.4, -0.2) is 49.0 Å². The second kappa shape index (κ2) is 7.30. The van der Waals surface area contributed by atoms with E-state index in [0.717, 1.165) is 26.1 Å². The quantitative estimate of drug-likeness (QED) is 0.651. The van der Waals surface area contributed by atoms with E-state index in [1.165, 1.54) is 0 Å². The van der Waals surface area contributed by atoms with Crippen LogP contribution in [0.3, 0.4) is 0 Å². The lowest BCUT2D eigenvalue weighted by Crippen LogP contribution is -2.39. The Hall–Kier alpha value is -0.120. The van der Waals surface area contributed by atoms with Crippen LogP contribution in [0.2, 0.25) is 0 Å². The van der Waals surface area contributed by atoms with Gasteiger partial charge < -0.3 is 9.84 Å². The summed E-state index contributed by atoms with van der Waals surface area (Å²) in [6.07, 6.45) is 0.849. The van der Waals surface area contributed by atoms with E-state index >= 15 is 0 Å². The first-order valence-corrected chi connectivity index (χ1v) is 5.02. The number of ether oxygens (including phenoxy) is 1. The summed E-state index contributed by atoms with van der Waals surface area (Å²) in [4.78, 5) is 2.26. The van der Waals surface area contributed by atoms with Gasteiger partial charge in [-0.3, -0.25) is 4.90 Å². The maximum atomic E-state index is 9.28. The van der Waals surface area contributed by atoms with Crippen LogP contribution in [0.1, 0.15) is 27.2 Å². The zero-order chi connectivity index (χ0) is 10.3. The van der Waals surface area contributed by atoms with Crippen LogP contribution in [0.5, 0.6) is 0 Å². The lowest BCUT2D eigenvalue weighted by Gasteiger charge is -2.29. The third-order valence-corrected chi connectivity index (χ3v) is 2.30. The summed E-state index contributed by atoms with van der Waals surface area (Å²) >= 11 is 0. The zero-order valence-electron chi connectivity index (χ0n) is 9.29. The molecule has 0 saturated heterocycles. The van der Waals surface area contributed by atoms with Gasteiger partial charge in [0.05, 0.1) is 12.7 Å². The van der Waals surface area contributed by atoms with Gasteiger partial charge in [0.2, 0.25) is 0 Å². The molecule has 0 saturated carbocycles. The van der Waals surface area contributed by atoms with Gasteiger partial charge in [0, 0.05) is 26.2 Å². The van der Waals surface area contributed by atoms with Gasteiger partial charge >= 0.3 is 0 Å². The van der Waals surface area contributed by atoms with E-state index in [9.17, 15) is 5.11 Å². The minimum atomic E-state index is -0.258. The lowest BCUT2D eigenvalue weighted by molar-refractivity contribution is 0.0749. The SMILES string of the molecule is CCC(C)N(CCOC)C[C@@H](C)O. The van der Waals surface area contributed by atoms with Gasteiger partial charge in [-0.25, -0.2) is 0 Å². The first-order chi connectivity index (χ1) is 6.11. The monoisotopic (exact) mass is 189 g/mol. The van der Waals surface area contributed by atoms with Gasteiger partial charge in [-0.05, 0) is 20.3 Å². The molecule has 0 spiro atoms. The maximum absolute atomic E-state index is 9.28. The highest BCUT2D eigenvalue weighted by Gasteiger charge is 2.13. The van der Waals surface area contributed by atoms with E-state index in [-0.39, 0.29) is 6.10 Å². The largest absolute Gasteiger partial charge is 0.392 e. The molecule has 0 amide bonds. The zero-order valence-corrected chi connectivity index (χ0v) is 9.29. The molecule has 0 bridgehead atoms. The van der Waals surface area contributed by atoms with Gasteiger partial charge in [-0.1, -0.05) is 6.92 Å². The first kappa shape index (κ1) is 12.9. The van der Waals surface area contributed by atoms with Crippen molar-refractivity contribution < 1.29 is 9.84 Å². The predicted octanol–water partition coefficient (Wildman–Crippen LogP) is 1.11. The van der Waals surface area contributed by atoms with Crippen LogP contribution >= 0.6 is 0 Å². The fraction of sp³-hybridized carbons (Fsp3) is 1.00. The van der Waals surface area contributed by atoms with Crippen molar-refractivity contribution in [1.29, 1.82) is 0 Å². The Kier molecular flexibility index (Phi) is 7.23. The predicted molar refractivity (Wildman–Crippen MR) is 54.9 cm³/mol. The smallest absolute Gasteiger partial charge is 0.0639 e. The van der Waals surface area contributed by atoms with E-state index in [0.29, 0.717) is 6.04 Å². The molecule has 0 rings (SSSR count). The molecular formula is C10H23NO2. The molecule has 0 aliphatic rings. The highest BCUT2D eigenvalue weighted by molar-refractivity contribution is 4.67. The minimum absolute atomic E-state index is 0.258. The van der Waals surface area contributed by atoms with Crippen molar-refractivity contribution in [3.05, 3.63) is 0 Å². The number of rotatable bonds is 7. The third-order valence-electron chi connectivity index (χ3n) is 2.30. The molecule has 3 nitrogen and oxygen atoms in total. The van der Waals surface area contributed by atoms with Crippen LogP contribution in [0.15, 0.2) is 0 Å². The Bertz CT molecular complexity index is 117. The molecule has 0 fully saturated rings. The summed E-state index contributed by atoms with van der Waals surface area (Å²) in [7, 11) is 1.71. The van der Waals surface area contributed by atoms with Crippen LogP contribution in [0, 0.1) is 0 Å². The number of hydrogen-bond acceptors (Lipinski definition) is 3. The molecule has 2 atom stereocenters. The fourth-order valence-electron chi connectivity index (χ4n) is 1.30. The Morgan fingerprint density at radius 2 is 2.00 bits per heavy atom. The summed E-state index contributed by atoms with van der Waals surface area (Å²) in [5.74, 6) is 0. The van der Waals surface area contributed by atoms with Crippen molar-refractivity contribution in [3.63, 3.8) is 0 Å². The Balaban J connectivity index is 3.87. The summed E-state index contributed by atoms with van der Waals surface area (Å²) in [6.45, 7) is 8.53. The molecule has 80 valence electrons. The summed E-state index contributed by atoms with van der Waals surface area (Å²) in [6, 6.07) is 0.518. The van der Waals surface area contributed by atoms with Crippen molar-refractivity contribution >= 4 is 0 Å². The molecule has 0 radical (unpaired) electrons. The van der Waals surface area contributed by atoms with Gasteiger partial charge in [0.1, 0.15) is 0 Å². The number of aliphatic hydroxyl groups is 1. The van der Waals surface area contributed by atoms with Crippen LogP contribution in [0.4, 0.5) is 0 Å². The summed E-state index contributed by atoms with van der Waals surface area (Å²) in [5.41, 5.74) is 0. The molecule has 13 heavy (non-hydrogen) atoms. The normalized spacial score (nSPS) is 16.2. The highest BCUT2D eigenvalue weighted by atomic mass is 16.5. The second-order valence-electron chi connectivity index (χ2n) is 3.59. The van der Waals surface area contributed by atoms with Gasteiger partial charge in [0.15, 0.2) is 0 Å². The van der Waals surface area contributed by atoms with E-state index in [2.05, 4.69) is 18.7 Å². The van der Waals surface area contributed by atoms with Gasteiger partial charge in [0.25, 0.3) is 0 Å². The minimum Gasteiger partial charge on any atom is -0.392 e. The molecular weight excluding hydrogens is 166 g/mol. The van der Waals surface area contributed by atoms with Crippen LogP contribution in [-0.2, 0) is 4.74 Å². The average molecular weight is 189 g/mol. The average Bonchev–Trinajstić information content (AvgIpc) is 2.10. The fourth-order valence-corrected chi connectivity index (χ4v) is 1.30. The third kappa shape index (κ3) is 6.02. The number of methoxy groups -OCH3 is 1. The first-order valence-electron chi connectivity index (χ1n) is 5.02. The molecule has 0 aromatic heterocycles. The van der Waals surface area contributed by atoms with Crippen molar-refractivity contribution in [1.82, 2.24) is 4.90 Å². The van der Waals surface area contributed by atoms with Crippen LogP contribution in [0.25, 0.3) is 0 Å². The molecule has 0 aromatic carbocycles. The Morgan fingerprint density at radius 1 is 1.38 bits per heavy atom. The molecule has 1 unspecified atom stereocenters. The molecule has 0 aromatic rings. The van der Waals surface area contributed by atoms with Crippen molar-refractivity contribution in [3.8, 4) is 0 Å². The Labute approximate surface area is 81.7 Å². The lowest BCUT2D eigenvalue weighted by atomic mass is 10.2.